The highest BCUT2D eigenvalue weighted by Gasteiger charge is 2.17. The lowest BCUT2D eigenvalue weighted by atomic mass is 9.93. The average molecular weight is 782 g/mol. The van der Waals surface area contributed by atoms with Crippen LogP contribution in [0.2, 0.25) is 0 Å². The predicted molar refractivity (Wildman–Crippen MR) is 259 cm³/mol. The first kappa shape index (κ1) is 35.6. The number of thiophene rings is 1. The first-order valence-electron chi connectivity index (χ1n) is 20.5. The largest absolute Gasteiger partial charge is 0.310 e. The minimum Gasteiger partial charge on any atom is -0.310 e. The summed E-state index contributed by atoms with van der Waals surface area (Å²) in [5, 5.41) is 5.13. The van der Waals surface area contributed by atoms with Crippen LogP contribution in [0.5, 0.6) is 0 Å². The molecule has 10 aromatic carbocycles. The quantitative estimate of drug-likeness (QED) is 0.148. The lowest BCUT2D eigenvalue weighted by molar-refractivity contribution is 1.28. The van der Waals surface area contributed by atoms with Crippen LogP contribution in [0.4, 0.5) is 17.1 Å². The first-order chi connectivity index (χ1) is 29.7. The summed E-state index contributed by atoms with van der Waals surface area (Å²) in [6.45, 7) is 0. The molecule has 1 heterocycles. The summed E-state index contributed by atoms with van der Waals surface area (Å²) in [5.41, 5.74) is 15.3. The summed E-state index contributed by atoms with van der Waals surface area (Å²) in [4.78, 5) is 2.38. The van der Waals surface area contributed by atoms with Crippen molar-refractivity contribution in [2.75, 3.05) is 4.90 Å². The molecule has 0 amide bonds. The number of fused-ring (bicyclic) bond motifs is 4. The van der Waals surface area contributed by atoms with Crippen molar-refractivity contribution in [2.45, 2.75) is 0 Å². The van der Waals surface area contributed by atoms with Crippen LogP contribution in [-0.4, -0.2) is 0 Å². The maximum atomic E-state index is 2.38. The van der Waals surface area contributed by atoms with Gasteiger partial charge in [-0.2, -0.15) is 0 Å². The van der Waals surface area contributed by atoms with Crippen LogP contribution in [-0.2, 0) is 0 Å². The van der Waals surface area contributed by atoms with Crippen LogP contribution >= 0.6 is 11.3 Å². The molecule has 1 aromatic heterocycles. The van der Waals surface area contributed by atoms with E-state index in [2.05, 4.69) is 241 Å². The number of anilines is 3. The van der Waals surface area contributed by atoms with Gasteiger partial charge in [-0.25, -0.2) is 0 Å². The van der Waals surface area contributed by atoms with Gasteiger partial charge in [0.05, 0.1) is 0 Å². The average Bonchev–Trinajstić information content (AvgIpc) is 3.72. The van der Waals surface area contributed by atoms with E-state index < -0.39 is 0 Å². The molecule has 0 bridgehead atoms. The van der Waals surface area contributed by atoms with Crippen molar-refractivity contribution >= 4 is 59.3 Å². The smallest absolute Gasteiger partial charge is 0.0467 e. The van der Waals surface area contributed by atoms with Crippen LogP contribution in [0.15, 0.2) is 237 Å². The predicted octanol–water partition coefficient (Wildman–Crippen LogP) is 17.0. The van der Waals surface area contributed by atoms with Gasteiger partial charge in [0.15, 0.2) is 0 Å². The molecule has 0 N–H and O–H groups in total. The van der Waals surface area contributed by atoms with Gasteiger partial charge in [-0.15, -0.1) is 11.3 Å². The molecule has 1 nitrogen and oxygen atoms in total. The van der Waals surface area contributed by atoms with Crippen molar-refractivity contribution in [3.63, 3.8) is 0 Å². The Morgan fingerprint density at radius 2 is 0.767 bits per heavy atom. The third kappa shape index (κ3) is 6.73. The van der Waals surface area contributed by atoms with Gasteiger partial charge in [-0.3, -0.25) is 0 Å². The zero-order valence-electron chi connectivity index (χ0n) is 32.9. The molecule has 0 aliphatic heterocycles. The Balaban J connectivity index is 1.02. The van der Waals surface area contributed by atoms with Gasteiger partial charge in [0.2, 0.25) is 0 Å². The van der Waals surface area contributed by atoms with E-state index in [0.717, 1.165) is 17.1 Å². The molecule has 0 atom stereocenters. The van der Waals surface area contributed by atoms with Crippen LogP contribution < -0.4 is 4.90 Å². The van der Waals surface area contributed by atoms with Crippen LogP contribution in [0.1, 0.15) is 0 Å². The lowest BCUT2D eigenvalue weighted by Crippen LogP contribution is -2.10. The molecular formula is C58H39NS. The summed E-state index contributed by atoms with van der Waals surface area (Å²) in [7, 11) is 0. The minimum absolute atomic E-state index is 1.09. The fourth-order valence-corrected chi connectivity index (χ4v) is 9.77. The molecule has 0 radical (unpaired) electrons. The molecular weight excluding hydrogens is 743 g/mol. The zero-order chi connectivity index (χ0) is 39.8. The van der Waals surface area contributed by atoms with Crippen molar-refractivity contribution in [1.82, 2.24) is 0 Å². The molecule has 11 aromatic rings. The Bertz CT molecular complexity index is 3230. The van der Waals surface area contributed by atoms with Crippen molar-refractivity contribution < 1.29 is 0 Å². The number of benzene rings is 10. The van der Waals surface area contributed by atoms with Gasteiger partial charge in [0.1, 0.15) is 0 Å². The minimum atomic E-state index is 1.09. The van der Waals surface area contributed by atoms with E-state index in [4.69, 9.17) is 0 Å². The van der Waals surface area contributed by atoms with Crippen molar-refractivity contribution in [3.8, 4) is 55.6 Å². The van der Waals surface area contributed by atoms with Gasteiger partial charge in [0, 0.05) is 37.2 Å². The Hall–Kier alpha value is -7.52. The highest BCUT2D eigenvalue weighted by molar-refractivity contribution is 7.25. The number of rotatable bonds is 8. The summed E-state index contributed by atoms with van der Waals surface area (Å²) in [6, 6.07) is 86.2. The standard InChI is InChI=1S/C58H39NS/c1-3-13-40(14-4-1)48-36-49(41-15-5-2-6-16-41)38-50(37-48)43-27-31-51(32-28-43)59(53-20-11-19-46(39-53)47-26-25-42-17-7-8-18-45(42)35-47)52-33-29-44(30-34-52)54-22-12-24-57-58(54)55-21-9-10-23-56(55)60-57/h1-39H. The Kier molecular flexibility index (Phi) is 9.11. The topological polar surface area (TPSA) is 3.24 Å². The van der Waals surface area contributed by atoms with Crippen molar-refractivity contribution in [2.24, 2.45) is 0 Å². The lowest BCUT2D eigenvalue weighted by Gasteiger charge is -2.26. The van der Waals surface area contributed by atoms with Gasteiger partial charge in [-0.1, -0.05) is 164 Å². The third-order valence-electron chi connectivity index (χ3n) is 11.6. The van der Waals surface area contributed by atoms with E-state index in [1.54, 1.807) is 0 Å². The zero-order valence-corrected chi connectivity index (χ0v) is 33.7. The molecule has 60 heavy (non-hydrogen) atoms. The first-order valence-corrected chi connectivity index (χ1v) is 21.3. The maximum Gasteiger partial charge on any atom is 0.0467 e. The fourth-order valence-electron chi connectivity index (χ4n) is 8.64. The highest BCUT2D eigenvalue weighted by atomic mass is 32.1. The van der Waals surface area contributed by atoms with E-state index in [1.807, 2.05) is 11.3 Å². The molecule has 11 rings (SSSR count). The Morgan fingerprint density at radius 3 is 1.45 bits per heavy atom. The van der Waals surface area contributed by atoms with Gasteiger partial charge in [0.25, 0.3) is 0 Å². The highest BCUT2D eigenvalue weighted by Crippen LogP contribution is 2.43. The molecule has 0 unspecified atom stereocenters. The monoisotopic (exact) mass is 781 g/mol. The molecule has 2 heteroatoms. The van der Waals surface area contributed by atoms with Gasteiger partial charge in [-0.05, 0) is 139 Å². The molecule has 0 saturated carbocycles. The van der Waals surface area contributed by atoms with Crippen LogP contribution in [0.25, 0.3) is 86.6 Å². The molecule has 0 spiro atoms. The summed E-state index contributed by atoms with van der Waals surface area (Å²) < 4.78 is 2.63. The summed E-state index contributed by atoms with van der Waals surface area (Å²) in [5.74, 6) is 0. The second-order valence-corrected chi connectivity index (χ2v) is 16.4. The second kappa shape index (κ2) is 15.3. The summed E-state index contributed by atoms with van der Waals surface area (Å²) in [6.07, 6.45) is 0. The molecule has 0 fully saturated rings. The Morgan fingerprint density at radius 1 is 0.267 bits per heavy atom. The number of nitrogens with zero attached hydrogens (tertiary/aromatic N) is 1. The van der Waals surface area contributed by atoms with Crippen LogP contribution in [0, 0.1) is 0 Å². The summed E-state index contributed by atoms with van der Waals surface area (Å²) >= 11 is 1.86. The van der Waals surface area contributed by atoms with E-state index in [1.165, 1.54) is 86.6 Å². The van der Waals surface area contributed by atoms with E-state index in [-0.39, 0.29) is 0 Å². The second-order valence-electron chi connectivity index (χ2n) is 15.3. The molecule has 282 valence electrons. The third-order valence-corrected chi connectivity index (χ3v) is 12.8. The fraction of sp³-hybridized carbons (Fsp3) is 0. The van der Waals surface area contributed by atoms with E-state index in [9.17, 15) is 0 Å². The number of hydrogen-bond donors (Lipinski definition) is 0. The van der Waals surface area contributed by atoms with Crippen molar-refractivity contribution in [1.29, 1.82) is 0 Å². The molecule has 0 aliphatic carbocycles. The maximum absolute atomic E-state index is 2.38. The van der Waals surface area contributed by atoms with E-state index in [0.29, 0.717) is 0 Å². The molecule has 0 aliphatic rings. The Labute approximate surface area is 354 Å². The van der Waals surface area contributed by atoms with Gasteiger partial charge >= 0.3 is 0 Å². The SMILES string of the molecule is c1ccc(-c2cc(-c3ccccc3)cc(-c3ccc(N(c4ccc(-c5cccc6sc7ccccc7c56)cc4)c4cccc(-c5ccc6ccccc6c5)c4)cc3)c2)cc1. The number of hydrogen-bond acceptors (Lipinski definition) is 2. The van der Waals surface area contributed by atoms with Crippen molar-refractivity contribution in [3.05, 3.63) is 237 Å². The van der Waals surface area contributed by atoms with E-state index >= 15 is 0 Å². The molecule has 0 saturated heterocycles. The van der Waals surface area contributed by atoms with Gasteiger partial charge < -0.3 is 4.90 Å². The normalized spacial score (nSPS) is 11.3. The van der Waals surface area contributed by atoms with Crippen LogP contribution in [0.3, 0.4) is 0 Å².